The van der Waals surface area contributed by atoms with Crippen LogP contribution in [0.5, 0.6) is 0 Å². The van der Waals surface area contributed by atoms with Crippen LogP contribution in [0, 0.1) is 0 Å². The fourth-order valence-electron chi connectivity index (χ4n) is 2.89. The first kappa shape index (κ1) is 29.4. The molecule has 202 valence electrons. The maximum Gasteiger partial charge on any atom is 0.509 e. The Bertz CT molecular complexity index is 1010. The molecule has 3 atom stereocenters. The van der Waals surface area contributed by atoms with Gasteiger partial charge in [-0.2, -0.15) is 9.88 Å². The van der Waals surface area contributed by atoms with Gasteiger partial charge in [0.25, 0.3) is 0 Å². The van der Waals surface area contributed by atoms with Gasteiger partial charge in [0, 0.05) is 11.9 Å². The average molecular weight is 532 g/mol. The summed E-state index contributed by atoms with van der Waals surface area (Å²) in [5.41, 5.74) is -3.63. The lowest BCUT2D eigenvalue weighted by Gasteiger charge is -2.28. The van der Waals surface area contributed by atoms with E-state index in [2.05, 4.69) is 4.98 Å². The highest BCUT2D eigenvalue weighted by atomic mass is 32.2. The van der Waals surface area contributed by atoms with E-state index in [0.717, 1.165) is 16.3 Å². The molecule has 1 unspecified atom stereocenters. The molecule has 1 aliphatic heterocycles. The van der Waals surface area contributed by atoms with Crippen LogP contribution in [0.15, 0.2) is 17.1 Å². The monoisotopic (exact) mass is 531 g/mol. The third-order valence-corrected chi connectivity index (χ3v) is 5.52. The smallest absolute Gasteiger partial charge is 0.443 e. The summed E-state index contributed by atoms with van der Waals surface area (Å²) < 4.78 is 36.8. The molecule has 0 aromatic carbocycles. The van der Waals surface area contributed by atoms with Crippen LogP contribution in [0.4, 0.5) is 24.6 Å². The van der Waals surface area contributed by atoms with Crippen LogP contribution in [0.3, 0.4) is 0 Å². The number of amides is 2. The van der Waals surface area contributed by atoms with Crippen molar-refractivity contribution in [3.63, 3.8) is 0 Å². The number of anilines is 1. The van der Waals surface area contributed by atoms with E-state index >= 15 is 4.39 Å². The third kappa shape index (κ3) is 8.38. The number of carbonyl (C=O) groups excluding carboxylic acids is 3. The molecule has 0 bridgehead atoms. The second kappa shape index (κ2) is 10.7. The first-order chi connectivity index (χ1) is 16.3. The fraction of sp³-hybridized carbons (Fsp3) is 0.696. The Morgan fingerprint density at radius 2 is 1.47 bits per heavy atom. The average Bonchev–Trinajstić information content (AvgIpc) is 2.97. The van der Waals surface area contributed by atoms with Gasteiger partial charge >= 0.3 is 24.0 Å². The summed E-state index contributed by atoms with van der Waals surface area (Å²) in [6.07, 6.45) is -4.87. The fourth-order valence-corrected chi connectivity index (χ4v) is 4.21. The molecule has 0 radical (unpaired) electrons. The predicted octanol–water partition coefficient (Wildman–Crippen LogP) is 4.82. The summed E-state index contributed by atoms with van der Waals surface area (Å²) in [4.78, 5) is 54.6. The van der Waals surface area contributed by atoms with Crippen molar-refractivity contribution >= 4 is 35.9 Å². The number of aromatic nitrogens is 2. The maximum absolute atomic E-state index is 15.1. The van der Waals surface area contributed by atoms with Crippen LogP contribution in [0.1, 0.15) is 67.7 Å². The number of imide groups is 1. The van der Waals surface area contributed by atoms with E-state index < -0.39 is 58.5 Å². The normalized spacial score (nSPS) is 20.4. The highest BCUT2D eigenvalue weighted by Gasteiger charge is 2.42. The zero-order chi connectivity index (χ0) is 27.6. The Labute approximate surface area is 213 Å². The number of ether oxygens (including phenoxy) is 4. The molecule has 2 rings (SSSR count). The minimum absolute atomic E-state index is 0.0845. The summed E-state index contributed by atoms with van der Waals surface area (Å²) in [7, 11) is 0. The van der Waals surface area contributed by atoms with Crippen molar-refractivity contribution in [2.45, 2.75) is 96.8 Å². The summed E-state index contributed by atoms with van der Waals surface area (Å²) in [5, 5.41) is -1.05. The molecule has 1 saturated heterocycles. The molecule has 1 aromatic heterocycles. The van der Waals surface area contributed by atoms with E-state index in [-0.39, 0.29) is 11.6 Å². The lowest BCUT2D eigenvalue weighted by Crippen LogP contribution is -2.45. The lowest BCUT2D eigenvalue weighted by atomic mass is 10.2. The van der Waals surface area contributed by atoms with Gasteiger partial charge in [0.15, 0.2) is 12.0 Å². The van der Waals surface area contributed by atoms with Crippen LogP contribution < -0.4 is 10.6 Å². The topological polar surface area (TPSA) is 126 Å². The van der Waals surface area contributed by atoms with E-state index in [1.165, 1.54) is 12.3 Å². The van der Waals surface area contributed by atoms with E-state index in [4.69, 9.17) is 18.9 Å². The molecule has 11 nitrogen and oxygen atoms in total. The SMILES string of the molecule is CC(C)(C)OC(=O)OC1CS[C@@H](n2ccc(N(C(=O)OC(C)(C)C)C(=O)OC(C)(C)C)nc2=O)[C@H]1F. The van der Waals surface area contributed by atoms with Gasteiger partial charge in [0.05, 0.1) is 0 Å². The molecule has 1 fully saturated rings. The minimum Gasteiger partial charge on any atom is -0.443 e. The van der Waals surface area contributed by atoms with E-state index in [0.29, 0.717) is 4.90 Å². The van der Waals surface area contributed by atoms with Crippen LogP contribution >= 0.6 is 11.8 Å². The Kier molecular flexibility index (Phi) is 8.70. The van der Waals surface area contributed by atoms with Crippen molar-refractivity contribution in [3.05, 3.63) is 22.7 Å². The van der Waals surface area contributed by atoms with E-state index in [1.54, 1.807) is 62.3 Å². The second-order valence-electron chi connectivity index (χ2n) is 11.1. The van der Waals surface area contributed by atoms with Crippen LogP contribution in [0.2, 0.25) is 0 Å². The minimum atomic E-state index is -1.74. The third-order valence-electron chi connectivity index (χ3n) is 4.17. The van der Waals surface area contributed by atoms with Gasteiger partial charge in [-0.25, -0.2) is 23.6 Å². The van der Waals surface area contributed by atoms with Crippen molar-refractivity contribution in [3.8, 4) is 0 Å². The Hall–Kier alpha value is -2.83. The van der Waals surface area contributed by atoms with Gasteiger partial charge in [-0.3, -0.25) is 4.57 Å². The number of thioether (sulfide) groups is 1. The highest BCUT2D eigenvalue weighted by molar-refractivity contribution is 7.99. The number of rotatable bonds is 3. The summed E-state index contributed by atoms with van der Waals surface area (Å²) in [6.45, 7) is 14.6. The van der Waals surface area contributed by atoms with Gasteiger partial charge in [-0.15, -0.1) is 11.8 Å². The second-order valence-corrected chi connectivity index (χ2v) is 12.2. The first-order valence-electron chi connectivity index (χ1n) is 11.3. The molecular weight excluding hydrogens is 497 g/mol. The molecule has 2 heterocycles. The Morgan fingerprint density at radius 1 is 0.972 bits per heavy atom. The van der Waals surface area contributed by atoms with Crippen molar-refractivity contribution in [1.29, 1.82) is 0 Å². The number of halogens is 1. The molecule has 1 aromatic rings. The summed E-state index contributed by atoms with van der Waals surface area (Å²) in [5.74, 6) is -0.263. The quantitative estimate of drug-likeness (QED) is 0.395. The number of nitrogens with zero attached hydrogens (tertiary/aromatic N) is 3. The van der Waals surface area contributed by atoms with Crippen LogP contribution in [-0.2, 0) is 18.9 Å². The van der Waals surface area contributed by atoms with E-state index in [1.807, 2.05) is 0 Å². The molecule has 0 saturated carbocycles. The van der Waals surface area contributed by atoms with Gasteiger partial charge in [-0.1, -0.05) is 0 Å². The maximum atomic E-state index is 15.1. The zero-order valence-corrected chi connectivity index (χ0v) is 22.8. The van der Waals surface area contributed by atoms with E-state index in [9.17, 15) is 19.2 Å². The zero-order valence-electron chi connectivity index (χ0n) is 22.0. The van der Waals surface area contributed by atoms with Gasteiger partial charge in [-0.05, 0) is 68.4 Å². The predicted molar refractivity (Wildman–Crippen MR) is 131 cm³/mol. The number of carbonyl (C=O) groups is 3. The van der Waals surface area contributed by atoms with Crippen molar-refractivity contribution < 1.29 is 37.7 Å². The molecule has 1 aliphatic rings. The number of alkyl halides is 1. The standard InChI is InChI=1S/C23H34FN3O8S/c1-21(2,3)33-18(29)27(19(30)34-22(4,5)6)14-10-11-26(17(28)25-14)16-15(24)13(12-36-16)32-20(31)35-23(7,8)9/h10-11,13,15-16H,12H2,1-9H3/t13?,15-,16+/m0/s1. The Morgan fingerprint density at radius 3 is 1.92 bits per heavy atom. The molecule has 13 heteroatoms. The first-order valence-corrected chi connectivity index (χ1v) is 12.3. The largest absolute Gasteiger partial charge is 0.509 e. The number of hydrogen-bond acceptors (Lipinski definition) is 10. The molecule has 36 heavy (non-hydrogen) atoms. The molecule has 0 N–H and O–H groups in total. The van der Waals surface area contributed by atoms with Crippen molar-refractivity contribution in [1.82, 2.24) is 9.55 Å². The summed E-state index contributed by atoms with van der Waals surface area (Å²) >= 11 is 1.05. The molecule has 2 amide bonds. The highest BCUT2D eigenvalue weighted by Crippen LogP contribution is 2.39. The van der Waals surface area contributed by atoms with Gasteiger partial charge in [0.2, 0.25) is 0 Å². The van der Waals surface area contributed by atoms with Crippen LogP contribution in [0.25, 0.3) is 0 Å². The Balaban J connectivity index is 2.29. The molecule has 0 spiro atoms. The van der Waals surface area contributed by atoms with Gasteiger partial charge in [0.1, 0.15) is 28.3 Å². The summed E-state index contributed by atoms with van der Waals surface area (Å²) in [6, 6.07) is 1.20. The van der Waals surface area contributed by atoms with Crippen molar-refractivity contribution in [2.75, 3.05) is 10.7 Å². The van der Waals surface area contributed by atoms with Crippen molar-refractivity contribution in [2.24, 2.45) is 0 Å². The molecule has 0 aliphatic carbocycles. The molecular formula is C23H34FN3O8S. The van der Waals surface area contributed by atoms with Crippen LogP contribution in [-0.4, -0.2) is 62.7 Å². The van der Waals surface area contributed by atoms with Gasteiger partial charge < -0.3 is 18.9 Å². The lowest BCUT2D eigenvalue weighted by molar-refractivity contribution is -0.0376. The number of hydrogen-bond donors (Lipinski definition) is 0.